The number of carbonyl (C=O) groups excluding carboxylic acids is 1. The zero-order valence-corrected chi connectivity index (χ0v) is 10.7. The fraction of sp³-hybridized carbons (Fsp3) is 0.385. The first-order valence-electron chi connectivity index (χ1n) is 5.70. The van der Waals surface area contributed by atoms with Crippen molar-refractivity contribution >= 4 is 11.6 Å². The van der Waals surface area contributed by atoms with Crippen LogP contribution in [-0.2, 0) is 4.79 Å². The molecule has 0 radical (unpaired) electrons. The third-order valence-electron chi connectivity index (χ3n) is 2.47. The molecule has 0 aromatic carbocycles. The lowest BCUT2D eigenvalue weighted by Gasteiger charge is -2.00. The van der Waals surface area contributed by atoms with Gasteiger partial charge in [0.05, 0.1) is 17.5 Å². The number of aliphatic hydroxyl groups excluding tert-OH is 2. The van der Waals surface area contributed by atoms with Gasteiger partial charge in [-0.2, -0.15) is 0 Å². The largest absolute Gasteiger partial charge is 0.505 e. The molecule has 4 N–H and O–H groups in total. The van der Waals surface area contributed by atoms with E-state index in [0.717, 1.165) is 5.57 Å². The summed E-state index contributed by atoms with van der Waals surface area (Å²) in [6, 6.07) is 0. The fourth-order valence-electron chi connectivity index (χ4n) is 1.55. The van der Waals surface area contributed by atoms with Crippen molar-refractivity contribution in [3.8, 4) is 0 Å². The molecule has 1 amide bonds. The second kappa shape index (κ2) is 5.64. The molecule has 0 aromatic rings. The van der Waals surface area contributed by atoms with E-state index >= 15 is 0 Å². The van der Waals surface area contributed by atoms with Crippen LogP contribution >= 0.6 is 0 Å². The molecule has 1 aliphatic heterocycles. The predicted molar refractivity (Wildman–Crippen MR) is 69.3 cm³/mol. The van der Waals surface area contributed by atoms with Gasteiger partial charge in [0.1, 0.15) is 5.57 Å². The van der Waals surface area contributed by atoms with E-state index in [1.54, 1.807) is 26.8 Å². The number of carbonyl (C=O) groups is 1. The molecule has 1 unspecified atom stereocenters. The molecular weight excluding hydrogens is 232 g/mol. The lowest BCUT2D eigenvalue weighted by Crippen LogP contribution is -2.19. The SMILES string of the molecule is CC(C)=C1NC(=O)C(C(=N)/C=C/CC(C)O)=C1O. The summed E-state index contributed by atoms with van der Waals surface area (Å²) in [6.45, 7) is 5.16. The molecule has 0 saturated heterocycles. The highest BCUT2D eigenvalue weighted by atomic mass is 16.3. The van der Waals surface area contributed by atoms with Crippen molar-refractivity contribution in [1.29, 1.82) is 5.41 Å². The van der Waals surface area contributed by atoms with Gasteiger partial charge in [-0.1, -0.05) is 6.08 Å². The molecule has 5 nitrogen and oxygen atoms in total. The fourth-order valence-corrected chi connectivity index (χ4v) is 1.55. The van der Waals surface area contributed by atoms with Gasteiger partial charge in [0.2, 0.25) is 0 Å². The lowest BCUT2D eigenvalue weighted by molar-refractivity contribution is -0.115. The number of hydrogen-bond acceptors (Lipinski definition) is 4. The van der Waals surface area contributed by atoms with Gasteiger partial charge in [-0.3, -0.25) is 10.2 Å². The van der Waals surface area contributed by atoms with Crippen LogP contribution in [0.5, 0.6) is 0 Å². The van der Waals surface area contributed by atoms with E-state index in [0.29, 0.717) is 12.1 Å². The summed E-state index contributed by atoms with van der Waals surface area (Å²) < 4.78 is 0. The van der Waals surface area contributed by atoms with Crippen molar-refractivity contribution in [3.63, 3.8) is 0 Å². The quantitative estimate of drug-likeness (QED) is 0.570. The van der Waals surface area contributed by atoms with E-state index in [1.165, 1.54) is 6.08 Å². The third kappa shape index (κ3) is 3.07. The zero-order valence-electron chi connectivity index (χ0n) is 10.7. The maximum atomic E-state index is 11.7. The number of amides is 1. The number of rotatable bonds is 4. The molecule has 0 spiro atoms. The standard InChI is InChI=1S/C13H18N2O3/c1-7(2)11-12(17)10(13(18)15-11)9(14)6-4-5-8(3)16/h4,6,8,14,16-17H,5H2,1-3H3,(H,15,18)/b6-4+,14-9?. The van der Waals surface area contributed by atoms with E-state index in [4.69, 9.17) is 10.5 Å². The van der Waals surface area contributed by atoms with Gasteiger partial charge in [0, 0.05) is 0 Å². The number of allylic oxidation sites excluding steroid dienone is 2. The van der Waals surface area contributed by atoms with E-state index in [1.807, 2.05) is 0 Å². The Morgan fingerprint density at radius 3 is 2.56 bits per heavy atom. The maximum Gasteiger partial charge on any atom is 0.261 e. The minimum atomic E-state index is -0.498. The third-order valence-corrected chi connectivity index (χ3v) is 2.47. The Bertz CT molecular complexity index is 467. The minimum Gasteiger partial charge on any atom is -0.505 e. The zero-order chi connectivity index (χ0) is 13.9. The molecule has 0 fully saturated rings. The number of hydrogen-bond donors (Lipinski definition) is 4. The topological polar surface area (TPSA) is 93.4 Å². The Balaban J connectivity index is 2.95. The molecule has 5 heteroatoms. The van der Waals surface area contributed by atoms with Gasteiger partial charge in [0.25, 0.3) is 5.91 Å². The van der Waals surface area contributed by atoms with Gasteiger partial charge in [-0.15, -0.1) is 0 Å². The van der Waals surface area contributed by atoms with Crippen molar-refractivity contribution in [2.24, 2.45) is 0 Å². The van der Waals surface area contributed by atoms with Crippen LogP contribution < -0.4 is 5.32 Å². The normalized spacial score (nSPS) is 17.3. The summed E-state index contributed by atoms with van der Waals surface area (Å²) in [4.78, 5) is 11.7. The van der Waals surface area contributed by atoms with Crippen molar-refractivity contribution in [1.82, 2.24) is 5.32 Å². The van der Waals surface area contributed by atoms with Crippen LogP contribution in [0.1, 0.15) is 27.2 Å². The highest BCUT2D eigenvalue weighted by Crippen LogP contribution is 2.22. The van der Waals surface area contributed by atoms with Crippen molar-refractivity contribution in [2.45, 2.75) is 33.3 Å². The Kier molecular flexibility index (Phi) is 4.44. The second-order valence-corrected chi connectivity index (χ2v) is 4.45. The highest BCUT2D eigenvalue weighted by Gasteiger charge is 2.29. The predicted octanol–water partition coefficient (Wildman–Crippen LogP) is 1.57. The van der Waals surface area contributed by atoms with Crippen LogP contribution in [0.25, 0.3) is 0 Å². The second-order valence-electron chi connectivity index (χ2n) is 4.45. The first kappa shape index (κ1) is 14.2. The minimum absolute atomic E-state index is 0.0342. The number of nitrogens with one attached hydrogen (secondary N) is 2. The van der Waals surface area contributed by atoms with Gasteiger partial charge >= 0.3 is 0 Å². The summed E-state index contributed by atoms with van der Waals surface area (Å²) in [5.41, 5.74) is 1.04. The maximum absolute atomic E-state index is 11.7. The molecule has 0 aromatic heterocycles. The van der Waals surface area contributed by atoms with E-state index < -0.39 is 12.0 Å². The highest BCUT2D eigenvalue weighted by molar-refractivity contribution is 6.27. The van der Waals surface area contributed by atoms with Gasteiger partial charge in [0.15, 0.2) is 5.76 Å². The number of aliphatic hydroxyl groups is 2. The molecule has 1 rings (SSSR count). The molecule has 1 heterocycles. The summed E-state index contributed by atoms with van der Waals surface area (Å²) in [5.74, 6) is -0.665. The van der Waals surface area contributed by atoms with Crippen LogP contribution in [0.15, 0.2) is 34.8 Å². The molecule has 0 aliphatic carbocycles. The average molecular weight is 250 g/mol. The smallest absolute Gasteiger partial charge is 0.261 e. The first-order chi connectivity index (χ1) is 8.34. The van der Waals surface area contributed by atoms with E-state index in [9.17, 15) is 9.90 Å². The first-order valence-corrected chi connectivity index (χ1v) is 5.70. The monoisotopic (exact) mass is 250 g/mol. The van der Waals surface area contributed by atoms with E-state index in [-0.39, 0.29) is 17.0 Å². The molecule has 18 heavy (non-hydrogen) atoms. The molecular formula is C13H18N2O3. The van der Waals surface area contributed by atoms with Gasteiger partial charge in [-0.25, -0.2) is 0 Å². The Morgan fingerprint density at radius 2 is 2.11 bits per heavy atom. The summed E-state index contributed by atoms with van der Waals surface area (Å²) in [7, 11) is 0. The Labute approximate surface area is 106 Å². The Hall–Kier alpha value is -1.88. The summed E-state index contributed by atoms with van der Waals surface area (Å²) in [6.07, 6.45) is 2.91. The molecule has 0 bridgehead atoms. The van der Waals surface area contributed by atoms with Crippen molar-refractivity contribution in [3.05, 3.63) is 34.8 Å². The van der Waals surface area contributed by atoms with Crippen LogP contribution in [0.3, 0.4) is 0 Å². The van der Waals surface area contributed by atoms with Gasteiger partial charge in [-0.05, 0) is 38.8 Å². The van der Waals surface area contributed by atoms with Crippen molar-refractivity contribution < 1.29 is 15.0 Å². The van der Waals surface area contributed by atoms with Crippen LogP contribution in [0.2, 0.25) is 0 Å². The van der Waals surface area contributed by atoms with Gasteiger partial charge < -0.3 is 15.5 Å². The van der Waals surface area contributed by atoms with Crippen LogP contribution in [0.4, 0.5) is 0 Å². The van der Waals surface area contributed by atoms with E-state index in [2.05, 4.69) is 5.32 Å². The molecule has 1 aliphatic rings. The van der Waals surface area contributed by atoms with Crippen LogP contribution in [0, 0.1) is 5.41 Å². The average Bonchev–Trinajstić information content (AvgIpc) is 2.53. The summed E-state index contributed by atoms with van der Waals surface area (Å²) in [5, 5.41) is 29.2. The lowest BCUT2D eigenvalue weighted by atomic mass is 10.1. The Morgan fingerprint density at radius 1 is 1.50 bits per heavy atom. The van der Waals surface area contributed by atoms with Crippen LogP contribution in [-0.4, -0.2) is 27.9 Å². The van der Waals surface area contributed by atoms with Crippen molar-refractivity contribution in [2.75, 3.05) is 0 Å². The summed E-state index contributed by atoms with van der Waals surface area (Å²) >= 11 is 0. The molecule has 98 valence electrons. The molecule has 1 atom stereocenters. The molecule has 0 saturated carbocycles.